The van der Waals surface area contributed by atoms with E-state index < -0.39 is 10.0 Å². The highest BCUT2D eigenvalue weighted by atomic mass is 32.2. The average Bonchev–Trinajstić information content (AvgIpc) is 3.19. The van der Waals surface area contributed by atoms with Crippen LogP contribution in [0.15, 0.2) is 34.2 Å². The van der Waals surface area contributed by atoms with Gasteiger partial charge in [0.2, 0.25) is 10.0 Å². The molecule has 0 amide bonds. The van der Waals surface area contributed by atoms with Crippen LogP contribution in [0.1, 0.15) is 37.7 Å². The fraction of sp³-hybridized carbons (Fsp3) is 0.611. The fourth-order valence-electron chi connectivity index (χ4n) is 3.38. The summed E-state index contributed by atoms with van der Waals surface area (Å²) in [6.07, 6.45) is 5.20. The molecule has 0 bridgehead atoms. The van der Waals surface area contributed by atoms with E-state index in [1.54, 1.807) is 22.5 Å². The monoisotopic (exact) mass is 380 g/mol. The smallest absolute Gasteiger partial charge is 0.243 e. The molecule has 0 spiro atoms. The summed E-state index contributed by atoms with van der Waals surface area (Å²) in [5.41, 5.74) is 6.59. The van der Waals surface area contributed by atoms with Crippen LogP contribution >= 0.6 is 0 Å². The number of hydrogen-bond donors (Lipinski definition) is 2. The third kappa shape index (κ3) is 4.75. The Morgan fingerprint density at radius 2 is 2.00 bits per heavy atom. The lowest BCUT2D eigenvalue weighted by Crippen LogP contribution is -2.37. The molecule has 26 heavy (non-hydrogen) atoms. The SMILES string of the molecule is NC(=NCc1ccccc1S(=O)(=O)N1CCCCC1)NCC1CCCO1. The first-order valence-corrected chi connectivity index (χ1v) is 10.7. The molecule has 144 valence electrons. The van der Waals surface area contributed by atoms with Crippen molar-refractivity contribution < 1.29 is 13.2 Å². The molecular weight excluding hydrogens is 352 g/mol. The molecule has 1 atom stereocenters. The Bertz CT molecular complexity index is 724. The number of rotatable bonds is 6. The van der Waals surface area contributed by atoms with Crippen LogP contribution in [-0.2, 0) is 21.3 Å². The standard InChI is InChI=1S/C18H28N4O3S/c19-18(21-14-16-8-6-12-25-16)20-13-15-7-2-3-9-17(15)26(23,24)22-10-4-1-5-11-22/h2-3,7,9,16H,1,4-6,8,10-14H2,(H3,19,20,21). The molecule has 0 aromatic heterocycles. The number of piperidine rings is 1. The molecule has 2 aliphatic heterocycles. The minimum Gasteiger partial charge on any atom is -0.376 e. The number of nitrogens with two attached hydrogens (primary N) is 1. The van der Waals surface area contributed by atoms with Gasteiger partial charge >= 0.3 is 0 Å². The highest BCUT2D eigenvalue weighted by Crippen LogP contribution is 2.24. The number of benzene rings is 1. The van der Waals surface area contributed by atoms with Gasteiger partial charge in [0.1, 0.15) is 0 Å². The van der Waals surface area contributed by atoms with Gasteiger partial charge in [0, 0.05) is 26.2 Å². The molecule has 3 N–H and O–H groups in total. The number of nitrogens with zero attached hydrogens (tertiary/aromatic N) is 2. The van der Waals surface area contributed by atoms with Gasteiger partial charge in [0.15, 0.2) is 5.96 Å². The Labute approximate surface area is 155 Å². The number of guanidine groups is 1. The van der Waals surface area contributed by atoms with Crippen LogP contribution in [0.25, 0.3) is 0 Å². The van der Waals surface area contributed by atoms with Crippen molar-refractivity contribution in [2.75, 3.05) is 26.2 Å². The largest absolute Gasteiger partial charge is 0.376 e. The second-order valence-electron chi connectivity index (χ2n) is 6.79. The second kappa shape index (κ2) is 8.83. The minimum atomic E-state index is -3.48. The Kier molecular flexibility index (Phi) is 6.50. The van der Waals surface area contributed by atoms with Crippen molar-refractivity contribution in [3.8, 4) is 0 Å². The topological polar surface area (TPSA) is 97.0 Å². The van der Waals surface area contributed by atoms with Crippen LogP contribution in [-0.4, -0.2) is 51.0 Å². The highest BCUT2D eigenvalue weighted by Gasteiger charge is 2.27. The lowest BCUT2D eigenvalue weighted by atomic mass is 10.2. The van der Waals surface area contributed by atoms with Gasteiger partial charge in [-0.3, -0.25) is 0 Å². The van der Waals surface area contributed by atoms with Gasteiger partial charge < -0.3 is 15.8 Å². The zero-order valence-corrected chi connectivity index (χ0v) is 15.9. The first-order chi connectivity index (χ1) is 12.6. The summed E-state index contributed by atoms with van der Waals surface area (Å²) in [6, 6.07) is 7.04. The maximum absolute atomic E-state index is 13.0. The molecule has 2 saturated heterocycles. The van der Waals surface area contributed by atoms with Crippen LogP contribution in [0, 0.1) is 0 Å². The molecule has 0 aliphatic carbocycles. The van der Waals surface area contributed by atoms with Gasteiger partial charge in [0.05, 0.1) is 17.5 Å². The molecular formula is C18H28N4O3S. The number of aliphatic imine (C=N–C) groups is 1. The fourth-order valence-corrected chi connectivity index (χ4v) is 5.11. The highest BCUT2D eigenvalue weighted by molar-refractivity contribution is 7.89. The number of nitrogens with one attached hydrogen (secondary N) is 1. The van der Waals surface area contributed by atoms with Gasteiger partial charge in [-0.15, -0.1) is 0 Å². The lowest BCUT2D eigenvalue weighted by molar-refractivity contribution is 0.114. The molecule has 2 fully saturated rings. The van der Waals surface area contributed by atoms with Crippen LogP contribution in [0.5, 0.6) is 0 Å². The molecule has 1 unspecified atom stereocenters. The van der Waals surface area contributed by atoms with Crippen molar-refractivity contribution in [3.63, 3.8) is 0 Å². The van der Waals surface area contributed by atoms with E-state index in [0.717, 1.165) is 38.7 Å². The van der Waals surface area contributed by atoms with E-state index in [4.69, 9.17) is 10.5 Å². The van der Waals surface area contributed by atoms with Crippen molar-refractivity contribution >= 4 is 16.0 Å². The predicted molar refractivity (Wildman–Crippen MR) is 101 cm³/mol. The average molecular weight is 381 g/mol. The minimum absolute atomic E-state index is 0.176. The van der Waals surface area contributed by atoms with Gasteiger partial charge in [-0.05, 0) is 37.3 Å². The van der Waals surface area contributed by atoms with Crippen molar-refractivity contribution in [2.24, 2.45) is 10.7 Å². The molecule has 8 heteroatoms. The van der Waals surface area contributed by atoms with Gasteiger partial charge in [-0.1, -0.05) is 24.6 Å². The summed E-state index contributed by atoms with van der Waals surface area (Å²) < 4.78 is 33.1. The maximum Gasteiger partial charge on any atom is 0.243 e. The van der Waals surface area contributed by atoms with Gasteiger partial charge in [-0.2, -0.15) is 4.31 Å². The van der Waals surface area contributed by atoms with Crippen molar-refractivity contribution in [2.45, 2.75) is 49.6 Å². The summed E-state index contributed by atoms with van der Waals surface area (Å²) in [5, 5.41) is 3.06. The predicted octanol–water partition coefficient (Wildman–Crippen LogP) is 1.44. The first kappa shape index (κ1) is 19.1. The van der Waals surface area contributed by atoms with E-state index in [0.29, 0.717) is 36.1 Å². The van der Waals surface area contributed by atoms with Gasteiger partial charge in [0.25, 0.3) is 0 Å². The number of hydrogen-bond acceptors (Lipinski definition) is 4. The van der Waals surface area contributed by atoms with Gasteiger partial charge in [-0.25, -0.2) is 13.4 Å². The van der Waals surface area contributed by atoms with Crippen LogP contribution in [0.3, 0.4) is 0 Å². The Hall–Kier alpha value is -1.64. The lowest BCUT2D eigenvalue weighted by Gasteiger charge is -2.26. The summed E-state index contributed by atoms with van der Waals surface area (Å²) >= 11 is 0. The summed E-state index contributed by atoms with van der Waals surface area (Å²) in [4.78, 5) is 4.65. The zero-order valence-electron chi connectivity index (χ0n) is 15.1. The third-order valence-electron chi connectivity index (χ3n) is 4.86. The summed E-state index contributed by atoms with van der Waals surface area (Å²) in [6.45, 7) is 2.83. The Balaban J connectivity index is 1.67. The number of ether oxygens (including phenoxy) is 1. The molecule has 2 aliphatic rings. The van der Waals surface area contributed by atoms with Crippen LogP contribution in [0.4, 0.5) is 0 Å². The summed E-state index contributed by atoms with van der Waals surface area (Å²) in [7, 11) is -3.48. The van der Waals surface area contributed by atoms with Crippen molar-refractivity contribution in [1.29, 1.82) is 0 Å². The molecule has 1 aromatic carbocycles. The van der Waals surface area contributed by atoms with E-state index >= 15 is 0 Å². The van der Waals surface area contributed by atoms with Crippen molar-refractivity contribution in [3.05, 3.63) is 29.8 Å². The maximum atomic E-state index is 13.0. The van der Waals surface area contributed by atoms with Crippen molar-refractivity contribution in [1.82, 2.24) is 9.62 Å². The molecule has 7 nitrogen and oxygen atoms in total. The van der Waals surface area contributed by atoms with Crippen LogP contribution in [0.2, 0.25) is 0 Å². The third-order valence-corrected chi connectivity index (χ3v) is 6.86. The first-order valence-electron chi connectivity index (χ1n) is 9.31. The molecule has 0 radical (unpaired) electrons. The van der Waals surface area contributed by atoms with Crippen LogP contribution < -0.4 is 11.1 Å². The molecule has 0 saturated carbocycles. The molecule has 1 aromatic rings. The normalized spacial score (nSPS) is 22.5. The molecule has 3 rings (SSSR count). The van der Waals surface area contributed by atoms with E-state index in [2.05, 4.69) is 10.3 Å². The Morgan fingerprint density at radius 1 is 1.23 bits per heavy atom. The van der Waals surface area contributed by atoms with E-state index in [1.165, 1.54) is 0 Å². The quantitative estimate of drug-likeness (QED) is 0.575. The molecule has 2 heterocycles. The summed E-state index contributed by atoms with van der Waals surface area (Å²) in [5.74, 6) is 0.311. The van der Waals surface area contributed by atoms with E-state index in [1.807, 2.05) is 6.07 Å². The number of sulfonamides is 1. The van der Waals surface area contributed by atoms with E-state index in [-0.39, 0.29) is 12.6 Å². The van der Waals surface area contributed by atoms with E-state index in [9.17, 15) is 8.42 Å². The zero-order chi connectivity index (χ0) is 18.4. The Morgan fingerprint density at radius 3 is 2.73 bits per heavy atom. The second-order valence-corrected chi connectivity index (χ2v) is 8.70.